The van der Waals surface area contributed by atoms with Crippen LogP contribution in [0.1, 0.15) is 27.9 Å². The van der Waals surface area contributed by atoms with Crippen LogP contribution in [0.3, 0.4) is 0 Å². The lowest BCUT2D eigenvalue weighted by molar-refractivity contribution is 0.0511. The van der Waals surface area contributed by atoms with Crippen molar-refractivity contribution in [2.75, 3.05) is 13.7 Å². The molecule has 2 rings (SSSR count). The Morgan fingerprint density at radius 1 is 1.33 bits per heavy atom. The Morgan fingerprint density at radius 3 is 2.71 bits per heavy atom. The van der Waals surface area contributed by atoms with Gasteiger partial charge in [-0.3, -0.25) is 0 Å². The van der Waals surface area contributed by atoms with Gasteiger partial charge in [-0.05, 0) is 24.3 Å². The van der Waals surface area contributed by atoms with Crippen molar-refractivity contribution in [1.29, 1.82) is 0 Å². The molecule has 21 heavy (non-hydrogen) atoms. The molecule has 0 atom stereocenters. The van der Waals surface area contributed by atoms with Gasteiger partial charge in [0.05, 0.1) is 25.0 Å². The first-order valence-corrected chi connectivity index (χ1v) is 5.92. The zero-order chi connectivity index (χ0) is 15.4. The van der Waals surface area contributed by atoms with E-state index in [1.54, 1.807) is 6.92 Å². The van der Waals surface area contributed by atoms with E-state index in [0.717, 1.165) is 18.0 Å². The van der Waals surface area contributed by atoms with E-state index in [1.165, 1.54) is 12.1 Å². The van der Waals surface area contributed by atoms with Gasteiger partial charge in [-0.15, -0.1) is 15.0 Å². The van der Waals surface area contributed by atoms with Crippen LogP contribution >= 0.6 is 0 Å². The first kappa shape index (κ1) is 14.6. The molecule has 0 aliphatic rings. The zero-order valence-electron chi connectivity index (χ0n) is 11.2. The van der Waals surface area contributed by atoms with E-state index in [-0.39, 0.29) is 23.7 Å². The largest absolute Gasteiger partial charge is 0.465 e. The average molecular weight is 294 g/mol. The van der Waals surface area contributed by atoms with Gasteiger partial charge in [0.25, 0.3) is 5.82 Å². The molecule has 0 aliphatic carbocycles. The van der Waals surface area contributed by atoms with Gasteiger partial charge in [-0.1, -0.05) is 0 Å². The van der Waals surface area contributed by atoms with Gasteiger partial charge in [0, 0.05) is 6.07 Å². The number of hydrogen-bond acceptors (Lipinski definition) is 7. The van der Waals surface area contributed by atoms with Crippen molar-refractivity contribution < 1.29 is 23.5 Å². The highest BCUT2D eigenvalue weighted by Gasteiger charge is 2.17. The second-order valence-corrected chi connectivity index (χ2v) is 3.78. The van der Waals surface area contributed by atoms with Crippen LogP contribution in [0, 0.1) is 5.82 Å². The van der Waals surface area contributed by atoms with Crippen LogP contribution < -0.4 is 0 Å². The van der Waals surface area contributed by atoms with Crippen LogP contribution in [0.4, 0.5) is 4.39 Å². The Bertz CT molecular complexity index is 686. The number of tetrazole rings is 1. The van der Waals surface area contributed by atoms with Crippen LogP contribution in [0.2, 0.25) is 0 Å². The van der Waals surface area contributed by atoms with Crippen molar-refractivity contribution in [2.45, 2.75) is 6.92 Å². The van der Waals surface area contributed by atoms with E-state index in [1.807, 2.05) is 0 Å². The number of ether oxygens (including phenoxy) is 2. The average Bonchev–Trinajstić information content (AvgIpc) is 2.96. The monoisotopic (exact) mass is 294 g/mol. The molecule has 0 saturated heterocycles. The van der Waals surface area contributed by atoms with E-state index < -0.39 is 17.8 Å². The summed E-state index contributed by atoms with van der Waals surface area (Å²) in [6, 6.07) is 3.65. The summed E-state index contributed by atoms with van der Waals surface area (Å²) in [6.45, 7) is 1.82. The molecule has 0 N–H and O–H groups in total. The maximum Gasteiger partial charge on any atom is 0.380 e. The predicted octanol–water partition coefficient (Wildman–Crippen LogP) is 0.765. The predicted molar refractivity (Wildman–Crippen MR) is 66.4 cm³/mol. The summed E-state index contributed by atoms with van der Waals surface area (Å²) in [5.41, 5.74) is -0.0183. The Morgan fingerprint density at radius 2 is 2.10 bits per heavy atom. The summed E-state index contributed by atoms with van der Waals surface area (Å²) in [6.07, 6.45) is 0. The summed E-state index contributed by atoms with van der Waals surface area (Å²) in [4.78, 5) is 23.6. The Balaban J connectivity index is 2.29. The number of nitrogens with zero attached hydrogens (tertiary/aromatic N) is 4. The Kier molecular flexibility index (Phi) is 4.21. The van der Waals surface area contributed by atoms with Gasteiger partial charge in [0.2, 0.25) is 0 Å². The third-order valence-corrected chi connectivity index (χ3v) is 2.46. The number of aromatic nitrogens is 4. The maximum atomic E-state index is 13.8. The van der Waals surface area contributed by atoms with Crippen LogP contribution in [0.15, 0.2) is 18.2 Å². The molecule has 1 heterocycles. The number of halogens is 1. The molecule has 0 aliphatic heterocycles. The van der Waals surface area contributed by atoms with Crippen molar-refractivity contribution in [3.8, 4) is 5.69 Å². The molecule has 0 amide bonds. The smallest absolute Gasteiger partial charge is 0.380 e. The molecule has 0 saturated carbocycles. The third kappa shape index (κ3) is 3.02. The molecular weight excluding hydrogens is 283 g/mol. The molecule has 0 radical (unpaired) electrons. The van der Waals surface area contributed by atoms with Crippen LogP contribution in [-0.2, 0) is 9.47 Å². The lowest BCUT2D eigenvalue weighted by atomic mass is 10.2. The van der Waals surface area contributed by atoms with E-state index in [4.69, 9.17) is 4.74 Å². The molecular formula is C12H11FN4O4. The normalized spacial score (nSPS) is 10.2. The molecule has 0 spiro atoms. The van der Waals surface area contributed by atoms with Crippen molar-refractivity contribution in [3.05, 3.63) is 35.4 Å². The number of benzene rings is 1. The first-order chi connectivity index (χ1) is 10.1. The second-order valence-electron chi connectivity index (χ2n) is 3.78. The molecule has 110 valence electrons. The van der Waals surface area contributed by atoms with Crippen LogP contribution in [-0.4, -0.2) is 45.9 Å². The van der Waals surface area contributed by atoms with Gasteiger partial charge in [0.15, 0.2) is 0 Å². The molecule has 0 fully saturated rings. The van der Waals surface area contributed by atoms with E-state index in [2.05, 4.69) is 20.1 Å². The summed E-state index contributed by atoms with van der Waals surface area (Å²) < 4.78 is 22.9. The van der Waals surface area contributed by atoms with E-state index >= 15 is 0 Å². The fraction of sp³-hybridized carbons (Fsp3) is 0.250. The molecule has 9 heteroatoms. The van der Waals surface area contributed by atoms with Crippen LogP contribution in [0.5, 0.6) is 0 Å². The Hall–Kier alpha value is -2.84. The molecule has 2 aromatic rings. The summed E-state index contributed by atoms with van der Waals surface area (Å²) in [7, 11) is 1.15. The standard InChI is InChI=1S/C12H11FN4O4/c1-3-21-12(19)10-14-16-17(15-10)7-4-5-8(9(13)6-7)11(18)20-2/h4-6H,3H2,1-2H3. The van der Waals surface area contributed by atoms with Crippen molar-refractivity contribution in [3.63, 3.8) is 0 Å². The fourth-order valence-corrected chi connectivity index (χ4v) is 1.51. The summed E-state index contributed by atoms with van der Waals surface area (Å²) >= 11 is 0. The van der Waals surface area contributed by atoms with Gasteiger partial charge < -0.3 is 9.47 Å². The van der Waals surface area contributed by atoms with Crippen molar-refractivity contribution in [1.82, 2.24) is 20.2 Å². The lowest BCUT2D eigenvalue weighted by Gasteiger charge is -2.03. The van der Waals surface area contributed by atoms with Gasteiger partial charge in [0.1, 0.15) is 5.82 Å². The number of rotatable bonds is 4. The molecule has 0 unspecified atom stereocenters. The summed E-state index contributed by atoms with van der Waals surface area (Å²) in [5, 5.41) is 10.9. The van der Waals surface area contributed by atoms with Gasteiger partial charge >= 0.3 is 11.9 Å². The summed E-state index contributed by atoms with van der Waals surface area (Å²) in [5.74, 6) is -2.56. The zero-order valence-corrected chi connectivity index (χ0v) is 11.2. The number of methoxy groups -OCH3 is 1. The van der Waals surface area contributed by atoms with Gasteiger partial charge in [-0.2, -0.15) is 0 Å². The second kappa shape index (κ2) is 6.07. The van der Waals surface area contributed by atoms with E-state index in [0.29, 0.717) is 0 Å². The lowest BCUT2D eigenvalue weighted by Crippen LogP contribution is -2.08. The first-order valence-electron chi connectivity index (χ1n) is 5.92. The molecule has 8 nitrogen and oxygen atoms in total. The van der Waals surface area contributed by atoms with E-state index in [9.17, 15) is 14.0 Å². The van der Waals surface area contributed by atoms with Crippen molar-refractivity contribution >= 4 is 11.9 Å². The minimum atomic E-state index is -0.797. The molecule has 0 bridgehead atoms. The Labute approximate surface area is 118 Å². The van der Waals surface area contributed by atoms with Crippen LogP contribution in [0.25, 0.3) is 5.69 Å². The molecule has 1 aromatic carbocycles. The highest BCUT2D eigenvalue weighted by molar-refractivity contribution is 5.89. The fourth-order valence-electron chi connectivity index (χ4n) is 1.51. The third-order valence-electron chi connectivity index (χ3n) is 2.46. The highest BCUT2D eigenvalue weighted by Crippen LogP contribution is 2.13. The number of carbonyl (C=O) groups excluding carboxylic acids is 2. The minimum Gasteiger partial charge on any atom is -0.465 e. The van der Waals surface area contributed by atoms with Crippen molar-refractivity contribution in [2.24, 2.45) is 0 Å². The van der Waals surface area contributed by atoms with Gasteiger partial charge in [-0.25, -0.2) is 14.0 Å². The number of hydrogen-bond donors (Lipinski definition) is 0. The topological polar surface area (TPSA) is 96.2 Å². The quantitative estimate of drug-likeness (QED) is 0.768. The highest BCUT2D eigenvalue weighted by atomic mass is 19.1. The molecule has 1 aromatic heterocycles. The number of esters is 2. The maximum absolute atomic E-state index is 13.8. The minimum absolute atomic E-state index is 0.176. The number of carbonyl (C=O) groups is 2. The SMILES string of the molecule is CCOC(=O)c1nnn(-c2ccc(C(=O)OC)c(F)c2)n1.